The molecule has 0 unspecified atom stereocenters. The third-order valence-corrected chi connectivity index (χ3v) is 2.55. The lowest BCUT2D eigenvalue weighted by molar-refractivity contribution is -0.114. The highest BCUT2D eigenvalue weighted by molar-refractivity contribution is 5.88. The van der Waals surface area contributed by atoms with Gasteiger partial charge in [-0.3, -0.25) is 4.79 Å². The van der Waals surface area contributed by atoms with Crippen LogP contribution in [0, 0.1) is 6.92 Å². The van der Waals surface area contributed by atoms with E-state index in [1.807, 2.05) is 6.92 Å². The number of nitrogens with zero attached hydrogens (tertiary/aromatic N) is 2. The van der Waals surface area contributed by atoms with Gasteiger partial charge < -0.3 is 9.88 Å². The number of anilines is 1. The van der Waals surface area contributed by atoms with Crippen LogP contribution in [0.15, 0.2) is 0 Å². The van der Waals surface area contributed by atoms with Crippen molar-refractivity contribution in [3.8, 4) is 0 Å². The largest absolute Gasteiger partial charge is 0.315 e. The molecule has 14 heavy (non-hydrogen) atoms. The van der Waals surface area contributed by atoms with E-state index in [4.69, 9.17) is 0 Å². The fourth-order valence-corrected chi connectivity index (χ4v) is 1.94. The van der Waals surface area contributed by atoms with Crippen LogP contribution < -0.4 is 5.32 Å². The van der Waals surface area contributed by atoms with E-state index >= 15 is 0 Å². The molecule has 1 amide bonds. The number of hydrogen-bond acceptors (Lipinski definition) is 2. The first-order valence-electron chi connectivity index (χ1n) is 5.02. The summed E-state index contributed by atoms with van der Waals surface area (Å²) in [7, 11) is 0. The summed E-state index contributed by atoms with van der Waals surface area (Å²) in [6.45, 7) is 4.45. The number of imidazole rings is 1. The molecule has 0 atom stereocenters. The quantitative estimate of drug-likeness (QED) is 0.734. The van der Waals surface area contributed by atoms with Crippen molar-refractivity contribution in [2.45, 2.75) is 39.7 Å². The van der Waals surface area contributed by atoms with Crippen LogP contribution >= 0.6 is 0 Å². The molecule has 4 heteroatoms. The Labute approximate surface area is 83.3 Å². The summed E-state index contributed by atoms with van der Waals surface area (Å²) in [5.41, 5.74) is 0.928. The van der Waals surface area contributed by atoms with Gasteiger partial charge in [-0.25, -0.2) is 4.98 Å². The van der Waals surface area contributed by atoms with Gasteiger partial charge in [0.15, 0.2) is 0 Å². The van der Waals surface area contributed by atoms with Gasteiger partial charge in [-0.05, 0) is 19.8 Å². The molecule has 0 spiro atoms. The van der Waals surface area contributed by atoms with Crippen LogP contribution in [0.3, 0.4) is 0 Å². The second-order valence-electron chi connectivity index (χ2n) is 3.75. The summed E-state index contributed by atoms with van der Waals surface area (Å²) in [4.78, 5) is 15.4. The van der Waals surface area contributed by atoms with E-state index in [-0.39, 0.29) is 5.91 Å². The Bertz CT molecular complexity index is 368. The first kappa shape index (κ1) is 9.24. The summed E-state index contributed by atoms with van der Waals surface area (Å²) in [5.74, 6) is 1.96. The molecular formula is C10H15N3O. The van der Waals surface area contributed by atoms with Gasteiger partial charge in [0, 0.05) is 19.9 Å². The predicted octanol–water partition coefficient (Wildman–Crippen LogP) is 1.49. The first-order chi connectivity index (χ1) is 6.68. The number of carbonyl (C=O) groups is 1. The zero-order chi connectivity index (χ0) is 10.1. The van der Waals surface area contributed by atoms with Crippen LogP contribution in [0.4, 0.5) is 5.82 Å². The van der Waals surface area contributed by atoms with Crippen molar-refractivity contribution < 1.29 is 4.79 Å². The standard InChI is InChI=1S/C10H15N3O/c1-7-10(12-8(2)14)13-6-4-3-5-9(13)11-7/h3-6H2,1-2H3,(H,12,14). The minimum absolute atomic E-state index is 0.0265. The Morgan fingerprint density at radius 2 is 2.29 bits per heavy atom. The maximum absolute atomic E-state index is 11.0. The number of amides is 1. The van der Waals surface area contributed by atoms with Gasteiger partial charge in [-0.2, -0.15) is 0 Å². The van der Waals surface area contributed by atoms with Crippen molar-refractivity contribution in [2.24, 2.45) is 0 Å². The number of aromatic nitrogens is 2. The molecule has 1 N–H and O–H groups in total. The monoisotopic (exact) mass is 193 g/mol. The van der Waals surface area contributed by atoms with Crippen molar-refractivity contribution in [2.75, 3.05) is 5.32 Å². The van der Waals surface area contributed by atoms with Crippen molar-refractivity contribution >= 4 is 11.7 Å². The Morgan fingerprint density at radius 1 is 1.50 bits per heavy atom. The Morgan fingerprint density at radius 3 is 3.00 bits per heavy atom. The fourth-order valence-electron chi connectivity index (χ4n) is 1.94. The highest BCUT2D eigenvalue weighted by Crippen LogP contribution is 2.23. The molecule has 0 fully saturated rings. The lowest BCUT2D eigenvalue weighted by Gasteiger charge is -2.16. The minimum atomic E-state index is -0.0265. The molecule has 0 bridgehead atoms. The molecule has 1 aromatic heterocycles. The Hall–Kier alpha value is -1.32. The number of fused-ring (bicyclic) bond motifs is 1. The van der Waals surface area contributed by atoms with Crippen LogP contribution in [0.25, 0.3) is 0 Å². The van der Waals surface area contributed by atoms with Gasteiger partial charge in [-0.1, -0.05) is 0 Å². The summed E-state index contributed by atoms with van der Waals surface area (Å²) in [6, 6.07) is 0. The lowest BCUT2D eigenvalue weighted by atomic mass is 10.2. The summed E-state index contributed by atoms with van der Waals surface area (Å²) in [6.07, 6.45) is 3.41. The molecule has 4 nitrogen and oxygen atoms in total. The molecule has 1 aliphatic rings. The van der Waals surface area contributed by atoms with Gasteiger partial charge in [0.25, 0.3) is 0 Å². The number of aryl methyl sites for hydroxylation is 2. The van der Waals surface area contributed by atoms with E-state index in [0.29, 0.717) is 0 Å². The second-order valence-corrected chi connectivity index (χ2v) is 3.75. The average molecular weight is 193 g/mol. The molecule has 0 saturated heterocycles. The maximum atomic E-state index is 11.0. The van der Waals surface area contributed by atoms with Crippen LogP contribution in [-0.4, -0.2) is 15.5 Å². The van der Waals surface area contributed by atoms with Gasteiger partial charge in [0.1, 0.15) is 11.6 Å². The molecule has 1 aromatic rings. The molecule has 0 radical (unpaired) electrons. The molecule has 2 rings (SSSR count). The van der Waals surface area contributed by atoms with Crippen molar-refractivity contribution in [1.29, 1.82) is 0 Å². The number of rotatable bonds is 1. The van der Waals surface area contributed by atoms with E-state index in [0.717, 1.165) is 30.3 Å². The Kier molecular flexibility index (Phi) is 2.27. The smallest absolute Gasteiger partial charge is 0.222 e. The van der Waals surface area contributed by atoms with E-state index in [2.05, 4.69) is 14.9 Å². The maximum Gasteiger partial charge on any atom is 0.222 e. The van der Waals surface area contributed by atoms with E-state index in [1.54, 1.807) is 0 Å². The van der Waals surface area contributed by atoms with Crippen LogP contribution in [0.1, 0.15) is 31.3 Å². The molecule has 76 valence electrons. The van der Waals surface area contributed by atoms with Crippen LogP contribution in [0.2, 0.25) is 0 Å². The van der Waals surface area contributed by atoms with Gasteiger partial charge in [-0.15, -0.1) is 0 Å². The summed E-state index contributed by atoms with van der Waals surface area (Å²) in [5, 5.41) is 2.84. The van der Waals surface area contributed by atoms with E-state index in [1.165, 1.54) is 19.8 Å². The van der Waals surface area contributed by atoms with E-state index < -0.39 is 0 Å². The SMILES string of the molecule is CC(=O)Nc1c(C)nc2n1CCCC2. The molecule has 0 aromatic carbocycles. The molecule has 0 saturated carbocycles. The molecule has 2 heterocycles. The Balaban J connectivity index is 2.37. The van der Waals surface area contributed by atoms with Crippen molar-refractivity contribution in [1.82, 2.24) is 9.55 Å². The van der Waals surface area contributed by atoms with Gasteiger partial charge in [0.2, 0.25) is 5.91 Å². The zero-order valence-corrected chi connectivity index (χ0v) is 8.63. The third-order valence-electron chi connectivity index (χ3n) is 2.55. The highest BCUT2D eigenvalue weighted by Gasteiger charge is 2.17. The third kappa shape index (κ3) is 1.52. The number of hydrogen-bond donors (Lipinski definition) is 1. The van der Waals surface area contributed by atoms with Crippen LogP contribution in [-0.2, 0) is 17.8 Å². The van der Waals surface area contributed by atoms with Crippen molar-refractivity contribution in [3.63, 3.8) is 0 Å². The molecular weight excluding hydrogens is 178 g/mol. The second kappa shape index (κ2) is 3.44. The zero-order valence-electron chi connectivity index (χ0n) is 8.63. The number of nitrogens with one attached hydrogen (secondary N) is 1. The minimum Gasteiger partial charge on any atom is -0.315 e. The molecule has 0 aliphatic carbocycles. The molecule has 1 aliphatic heterocycles. The lowest BCUT2D eigenvalue weighted by Crippen LogP contribution is -2.16. The van der Waals surface area contributed by atoms with Gasteiger partial charge in [0.05, 0.1) is 5.69 Å². The van der Waals surface area contributed by atoms with Crippen LogP contribution in [0.5, 0.6) is 0 Å². The summed E-state index contributed by atoms with van der Waals surface area (Å²) >= 11 is 0. The topological polar surface area (TPSA) is 46.9 Å². The number of carbonyl (C=O) groups excluding carboxylic acids is 1. The van der Waals surface area contributed by atoms with Crippen molar-refractivity contribution in [3.05, 3.63) is 11.5 Å². The highest BCUT2D eigenvalue weighted by atomic mass is 16.1. The fraction of sp³-hybridized carbons (Fsp3) is 0.600. The predicted molar refractivity (Wildman–Crippen MR) is 54.2 cm³/mol. The average Bonchev–Trinajstić information content (AvgIpc) is 2.43. The normalized spacial score (nSPS) is 15.0. The first-order valence-corrected chi connectivity index (χ1v) is 5.02. The van der Waals surface area contributed by atoms with E-state index in [9.17, 15) is 4.79 Å². The van der Waals surface area contributed by atoms with Gasteiger partial charge >= 0.3 is 0 Å². The summed E-state index contributed by atoms with van der Waals surface area (Å²) < 4.78 is 2.13.